The molecule has 2 saturated heterocycles. The van der Waals surface area contributed by atoms with Crippen LogP contribution in [0, 0.1) is 11.8 Å². The van der Waals surface area contributed by atoms with Gasteiger partial charge in [0.15, 0.2) is 0 Å². The summed E-state index contributed by atoms with van der Waals surface area (Å²) in [6, 6.07) is 17.6. The van der Waals surface area contributed by atoms with E-state index in [9.17, 15) is 4.79 Å². The van der Waals surface area contributed by atoms with Crippen LogP contribution in [0.25, 0.3) is 0 Å². The Morgan fingerprint density at radius 2 is 1.69 bits per heavy atom. The zero-order chi connectivity index (χ0) is 17.9. The lowest BCUT2D eigenvalue weighted by Gasteiger charge is -2.28. The molecular formula is C22H25NO3. The first-order valence-electron chi connectivity index (χ1n) is 9.47. The van der Waals surface area contributed by atoms with Crippen LogP contribution in [0.15, 0.2) is 54.6 Å². The number of anilines is 1. The van der Waals surface area contributed by atoms with Gasteiger partial charge in [-0.1, -0.05) is 30.3 Å². The first-order chi connectivity index (χ1) is 12.7. The molecule has 0 spiro atoms. The van der Waals surface area contributed by atoms with Crippen molar-refractivity contribution in [1.29, 1.82) is 0 Å². The number of rotatable bonds is 7. The normalized spacial score (nSPS) is 26.8. The Bertz CT molecular complexity index is 744. The Labute approximate surface area is 154 Å². The summed E-state index contributed by atoms with van der Waals surface area (Å²) in [6.45, 7) is 0.952. The van der Waals surface area contributed by atoms with Crippen molar-refractivity contribution in [3.63, 3.8) is 0 Å². The van der Waals surface area contributed by atoms with Gasteiger partial charge in [-0.15, -0.1) is 0 Å². The zero-order valence-electron chi connectivity index (χ0n) is 14.8. The van der Waals surface area contributed by atoms with E-state index in [0.717, 1.165) is 19.4 Å². The van der Waals surface area contributed by atoms with Crippen molar-refractivity contribution in [3.8, 4) is 0 Å². The number of carbonyl (C=O) groups is 1. The number of fused-ring (bicyclic) bond motifs is 2. The third-order valence-electron chi connectivity index (χ3n) is 5.87. The second-order valence-corrected chi connectivity index (χ2v) is 7.41. The molecule has 2 aliphatic rings. The van der Waals surface area contributed by atoms with E-state index >= 15 is 0 Å². The summed E-state index contributed by atoms with van der Waals surface area (Å²) in [4.78, 5) is 11.0. The molecule has 2 fully saturated rings. The fraction of sp³-hybridized carbons (Fsp3) is 0.409. The lowest BCUT2D eigenvalue weighted by molar-refractivity contribution is 0.0697. The number of aryl methyl sites for hydroxylation is 1. The summed E-state index contributed by atoms with van der Waals surface area (Å²) in [5.74, 6) is 0.251. The molecule has 0 aliphatic carbocycles. The van der Waals surface area contributed by atoms with E-state index in [4.69, 9.17) is 9.84 Å². The van der Waals surface area contributed by atoms with Crippen molar-refractivity contribution in [2.75, 3.05) is 11.9 Å². The Morgan fingerprint density at radius 1 is 1.00 bits per heavy atom. The van der Waals surface area contributed by atoms with Crippen LogP contribution in [0.1, 0.15) is 35.2 Å². The van der Waals surface area contributed by atoms with Crippen LogP contribution < -0.4 is 5.32 Å². The average Bonchev–Trinajstić information content (AvgIpc) is 3.27. The van der Waals surface area contributed by atoms with Crippen molar-refractivity contribution in [2.24, 2.45) is 11.8 Å². The largest absolute Gasteiger partial charge is 0.478 e. The molecule has 0 amide bonds. The number of ether oxygens (including phenoxy) is 1. The number of nitrogens with one attached hydrogen (secondary N) is 1. The molecule has 4 atom stereocenters. The minimum Gasteiger partial charge on any atom is -0.478 e. The molecule has 136 valence electrons. The lowest BCUT2D eigenvalue weighted by Crippen LogP contribution is -2.33. The molecule has 0 saturated carbocycles. The highest BCUT2D eigenvalue weighted by Gasteiger charge is 2.48. The monoisotopic (exact) mass is 351 g/mol. The van der Waals surface area contributed by atoms with Crippen molar-refractivity contribution < 1.29 is 14.6 Å². The van der Waals surface area contributed by atoms with Crippen LogP contribution in [0.4, 0.5) is 5.69 Å². The van der Waals surface area contributed by atoms with Gasteiger partial charge in [-0.3, -0.25) is 0 Å². The minimum absolute atomic E-state index is 0.349. The molecule has 4 rings (SSSR count). The third kappa shape index (κ3) is 3.61. The molecule has 0 radical (unpaired) electrons. The molecule has 4 heteroatoms. The smallest absolute Gasteiger partial charge is 0.335 e. The van der Waals surface area contributed by atoms with Crippen molar-refractivity contribution >= 4 is 11.7 Å². The number of benzene rings is 2. The van der Waals surface area contributed by atoms with Gasteiger partial charge in [0, 0.05) is 18.2 Å². The van der Waals surface area contributed by atoms with E-state index in [0.29, 0.717) is 29.6 Å². The number of para-hydroxylation sites is 1. The van der Waals surface area contributed by atoms with Crippen molar-refractivity contribution in [2.45, 2.75) is 37.9 Å². The van der Waals surface area contributed by atoms with E-state index in [1.54, 1.807) is 12.1 Å². The maximum absolute atomic E-state index is 11.0. The summed E-state index contributed by atoms with van der Waals surface area (Å²) in [6.07, 6.45) is 5.19. The maximum Gasteiger partial charge on any atom is 0.335 e. The highest BCUT2D eigenvalue weighted by atomic mass is 16.5. The predicted molar refractivity (Wildman–Crippen MR) is 102 cm³/mol. The molecule has 0 aromatic heterocycles. The fourth-order valence-electron chi connectivity index (χ4n) is 4.49. The van der Waals surface area contributed by atoms with Gasteiger partial charge >= 0.3 is 5.97 Å². The van der Waals surface area contributed by atoms with Gasteiger partial charge in [-0.2, -0.15) is 0 Å². The van der Waals surface area contributed by atoms with Gasteiger partial charge in [-0.05, 0) is 61.4 Å². The Morgan fingerprint density at radius 3 is 2.38 bits per heavy atom. The van der Waals surface area contributed by atoms with E-state index < -0.39 is 5.97 Å². The number of carboxylic acids is 1. The molecule has 2 aromatic carbocycles. The van der Waals surface area contributed by atoms with Crippen LogP contribution in [-0.4, -0.2) is 29.8 Å². The molecule has 4 nitrogen and oxygen atoms in total. The second-order valence-electron chi connectivity index (χ2n) is 7.41. The third-order valence-corrected chi connectivity index (χ3v) is 5.87. The average molecular weight is 351 g/mol. The van der Waals surface area contributed by atoms with Crippen LogP contribution in [0.2, 0.25) is 0 Å². The highest BCUT2D eigenvalue weighted by Crippen LogP contribution is 2.45. The Kier molecular flexibility index (Phi) is 4.93. The maximum atomic E-state index is 11.0. The first-order valence-corrected chi connectivity index (χ1v) is 9.47. The van der Waals surface area contributed by atoms with E-state index in [-0.39, 0.29) is 0 Å². The van der Waals surface area contributed by atoms with Crippen LogP contribution in [0.5, 0.6) is 0 Å². The topological polar surface area (TPSA) is 58.6 Å². The molecule has 0 unspecified atom stereocenters. The second kappa shape index (κ2) is 7.50. The predicted octanol–water partition coefficient (Wildman–Crippen LogP) is 4.22. The molecule has 2 aliphatic heterocycles. The molecule has 26 heavy (non-hydrogen) atoms. The molecular weight excluding hydrogens is 326 g/mol. The van der Waals surface area contributed by atoms with Gasteiger partial charge in [0.05, 0.1) is 17.8 Å². The molecule has 2 N–H and O–H groups in total. The van der Waals surface area contributed by atoms with Gasteiger partial charge in [0.25, 0.3) is 0 Å². The number of aromatic carboxylic acids is 1. The number of hydrogen-bond donors (Lipinski definition) is 2. The summed E-state index contributed by atoms with van der Waals surface area (Å²) in [5.41, 5.74) is 2.72. The van der Waals surface area contributed by atoms with Crippen molar-refractivity contribution in [1.82, 2.24) is 0 Å². The summed E-state index contributed by atoms with van der Waals surface area (Å²) >= 11 is 0. The van der Waals surface area contributed by atoms with Crippen molar-refractivity contribution in [3.05, 3.63) is 65.7 Å². The SMILES string of the molecule is O=C(O)c1ccc(CC[C@@H]2[C@H](CNc3ccccc3)[C@@H]3CC[C@H]2O3)cc1. The Hall–Kier alpha value is -2.33. The van der Waals surface area contributed by atoms with Gasteiger partial charge in [0.2, 0.25) is 0 Å². The van der Waals surface area contributed by atoms with E-state index in [1.165, 1.54) is 24.1 Å². The molecule has 2 heterocycles. The summed E-state index contributed by atoms with van der Waals surface area (Å²) < 4.78 is 6.21. The first kappa shape index (κ1) is 17.1. The van der Waals surface area contributed by atoms with E-state index in [2.05, 4.69) is 29.6 Å². The van der Waals surface area contributed by atoms with Crippen LogP contribution >= 0.6 is 0 Å². The number of carboxylic acid groups (broad SMARTS) is 1. The zero-order valence-corrected chi connectivity index (χ0v) is 14.8. The number of hydrogen-bond acceptors (Lipinski definition) is 3. The fourth-order valence-corrected chi connectivity index (χ4v) is 4.49. The highest BCUT2D eigenvalue weighted by molar-refractivity contribution is 5.87. The van der Waals surface area contributed by atoms with Crippen LogP contribution in [0.3, 0.4) is 0 Å². The Balaban J connectivity index is 1.37. The van der Waals surface area contributed by atoms with Crippen LogP contribution in [-0.2, 0) is 11.2 Å². The lowest BCUT2D eigenvalue weighted by atomic mass is 9.76. The quantitative estimate of drug-likeness (QED) is 0.784. The van der Waals surface area contributed by atoms with Gasteiger partial charge in [-0.25, -0.2) is 4.79 Å². The molecule has 2 bridgehead atoms. The summed E-state index contributed by atoms with van der Waals surface area (Å²) in [5, 5.41) is 12.6. The summed E-state index contributed by atoms with van der Waals surface area (Å²) in [7, 11) is 0. The van der Waals surface area contributed by atoms with Gasteiger partial charge < -0.3 is 15.2 Å². The molecule has 2 aromatic rings. The van der Waals surface area contributed by atoms with Gasteiger partial charge in [0.1, 0.15) is 0 Å². The standard InChI is InChI=1S/C22H25NO3/c24-22(25)16-9-6-15(7-10-16)8-11-18-19(21-13-12-20(18)26-21)14-23-17-4-2-1-3-5-17/h1-7,9-10,18-21,23H,8,11-14H2,(H,24,25)/t18-,19+,20-,21+/m1/s1. The minimum atomic E-state index is -0.870. The van der Waals surface area contributed by atoms with E-state index in [1.807, 2.05) is 18.2 Å².